The van der Waals surface area contributed by atoms with E-state index in [2.05, 4.69) is 22.6 Å². The van der Waals surface area contributed by atoms with Gasteiger partial charge in [0.2, 0.25) is 0 Å². The van der Waals surface area contributed by atoms with E-state index in [-0.39, 0.29) is 5.84 Å². The molecule has 0 aromatic heterocycles. The minimum absolute atomic E-state index is 0.114. The predicted octanol–water partition coefficient (Wildman–Crippen LogP) is -0.481. The lowest BCUT2D eigenvalue weighted by atomic mass is 10.3. The summed E-state index contributed by atoms with van der Waals surface area (Å²) in [5.74, 6) is -0.114. The first-order chi connectivity index (χ1) is 4.72. The fourth-order valence-corrected chi connectivity index (χ4v) is 0.491. The van der Waals surface area contributed by atoms with Crippen molar-refractivity contribution >= 4 is 29.4 Å². The van der Waals surface area contributed by atoms with E-state index in [1.54, 1.807) is 0 Å². The fourth-order valence-electron chi connectivity index (χ4n) is 0.355. The Labute approximate surface area is 64.1 Å². The van der Waals surface area contributed by atoms with Gasteiger partial charge in [-0.25, -0.2) is 0 Å². The lowest BCUT2D eigenvalue weighted by Gasteiger charge is -2.06. The summed E-state index contributed by atoms with van der Waals surface area (Å²) in [4.78, 5) is 0. The van der Waals surface area contributed by atoms with Crippen molar-refractivity contribution in [2.24, 2.45) is 5.73 Å². The van der Waals surface area contributed by atoms with Gasteiger partial charge in [0.15, 0.2) is 6.34 Å². The van der Waals surface area contributed by atoms with Crippen LogP contribution in [0, 0.1) is 10.8 Å². The topological polar surface area (TPSA) is 85.8 Å². The number of hydrogen-bond donors (Lipinski definition) is 4. The molecule has 0 saturated carbocycles. The van der Waals surface area contributed by atoms with Crippen molar-refractivity contribution in [3.8, 4) is 0 Å². The Bertz CT molecular complexity index is 180. The molecule has 10 heavy (non-hydrogen) atoms. The standard InChI is InChI=1S/C5H7N4S/c6-3-9-4(1-2-10)5(7)8/h1,4H,(H2,6,9)(H3,7,8). The molecular formula is C5H7N4S. The number of nitrogens with one attached hydrogen (secondary N) is 3. The Hall–Kier alpha value is -1.19. The second kappa shape index (κ2) is 4.67. The van der Waals surface area contributed by atoms with Gasteiger partial charge in [0.05, 0.1) is 0 Å². The average Bonchev–Trinajstić information content (AvgIpc) is 1.87. The van der Waals surface area contributed by atoms with Crippen LogP contribution in [0.15, 0.2) is 6.08 Å². The molecule has 4 nitrogen and oxygen atoms in total. The van der Waals surface area contributed by atoms with Gasteiger partial charge in [-0.2, -0.15) is 0 Å². The molecule has 5 heteroatoms. The molecule has 53 valence electrons. The molecule has 0 amide bonds. The summed E-state index contributed by atoms with van der Waals surface area (Å²) in [5.41, 5.74) is 5.09. The van der Waals surface area contributed by atoms with Gasteiger partial charge in [0, 0.05) is 0 Å². The van der Waals surface area contributed by atoms with Crippen LogP contribution in [0.1, 0.15) is 0 Å². The van der Waals surface area contributed by atoms with E-state index >= 15 is 0 Å². The van der Waals surface area contributed by atoms with Gasteiger partial charge < -0.3 is 11.1 Å². The Morgan fingerprint density at radius 1 is 1.80 bits per heavy atom. The summed E-state index contributed by atoms with van der Waals surface area (Å²) in [6, 6.07) is -0.546. The highest BCUT2D eigenvalue weighted by atomic mass is 32.1. The normalized spacial score (nSPS) is 10.8. The Morgan fingerprint density at radius 3 is 2.70 bits per heavy atom. The second-order valence-electron chi connectivity index (χ2n) is 1.49. The van der Waals surface area contributed by atoms with Crippen molar-refractivity contribution in [2.75, 3.05) is 0 Å². The first-order valence-electron chi connectivity index (χ1n) is 2.44. The van der Waals surface area contributed by atoms with Gasteiger partial charge >= 0.3 is 0 Å². The van der Waals surface area contributed by atoms with Crippen molar-refractivity contribution in [2.45, 2.75) is 6.04 Å². The van der Waals surface area contributed by atoms with Crippen LogP contribution >= 0.6 is 12.2 Å². The third-order valence-corrected chi connectivity index (χ3v) is 0.934. The lowest BCUT2D eigenvalue weighted by molar-refractivity contribution is 0.923. The van der Waals surface area contributed by atoms with Crippen LogP contribution in [0.3, 0.4) is 0 Å². The van der Waals surface area contributed by atoms with Crippen molar-refractivity contribution < 1.29 is 0 Å². The van der Waals surface area contributed by atoms with Crippen LogP contribution in [0.4, 0.5) is 0 Å². The first-order valence-corrected chi connectivity index (χ1v) is 2.85. The van der Waals surface area contributed by atoms with E-state index in [1.165, 1.54) is 6.08 Å². The maximum atomic E-state index is 6.93. The minimum Gasteiger partial charge on any atom is -0.386 e. The van der Waals surface area contributed by atoms with Gasteiger partial charge in [-0.1, -0.05) is 0 Å². The van der Waals surface area contributed by atoms with Gasteiger partial charge in [0.1, 0.15) is 11.9 Å². The SMILES string of the molecule is N=[C]NC(C=C=S)C(=N)N. The highest BCUT2D eigenvalue weighted by Crippen LogP contribution is 1.79. The van der Waals surface area contributed by atoms with E-state index in [0.717, 1.165) is 0 Å². The van der Waals surface area contributed by atoms with Crippen LogP contribution in [-0.2, 0) is 0 Å². The molecular weight excluding hydrogens is 148 g/mol. The van der Waals surface area contributed by atoms with Gasteiger partial charge in [-0.3, -0.25) is 10.8 Å². The molecule has 0 heterocycles. The highest BCUT2D eigenvalue weighted by Gasteiger charge is 2.03. The zero-order chi connectivity index (χ0) is 7.98. The third-order valence-electron chi connectivity index (χ3n) is 0.797. The average molecular weight is 155 g/mol. The Balaban J connectivity index is 4.10. The molecule has 0 spiro atoms. The highest BCUT2D eigenvalue weighted by molar-refractivity contribution is 7.78. The predicted molar refractivity (Wildman–Crippen MR) is 43.7 cm³/mol. The van der Waals surface area contributed by atoms with Crippen LogP contribution in [0.5, 0.6) is 0 Å². The zero-order valence-corrected chi connectivity index (χ0v) is 5.96. The molecule has 0 fully saturated rings. The second-order valence-corrected chi connectivity index (χ2v) is 1.72. The van der Waals surface area contributed by atoms with Crippen molar-refractivity contribution in [3.63, 3.8) is 0 Å². The molecule has 1 unspecified atom stereocenters. The van der Waals surface area contributed by atoms with E-state index in [9.17, 15) is 0 Å². The molecule has 0 aromatic rings. The number of rotatable bonds is 4. The molecule has 0 aliphatic carbocycles. The summed E-state index contributed by atoms with van der Waals surface area (Å²) >= 11 is 4.37. The lowest BCUT2D eigenvalue weighted by Crippen LogP contribution is -2.38. The maximum absolute atomic E-state index is 6.93. The minimum atomic E-state index is -0.546. The monoisotopic (exact) mass is 155 g/mol. The number of hydrogen-bond acceptors (Lipinski definition) is 3. The molecule has 0 aliphatic heterocycles. The Kier molecular flexibility index (Phi) is 4.11. The summed E-state index contributed by atoms with van der Waals surface area (Å²) in [6.45, 7) is 0. The van der Waals surface area contributed by atoms with E-state index in [0.29, 0.717) is 0 Å². The quantitative estimate of drug-likeness (QED) is 0.191. The van der Waals surface area contributed by atoms with Crippen LogP contribution in [0.25, 0.3) is 0 Å². The van der Waals surface area contributed by atoms with Crippen molar-refractivity contribution in [3.05, 3.63) is 6.08 Å². The van der Waals surface area contributed by atoms with Gasteiger partial charge in [0.25, 0.3) is 0 Å². The van der Waals surface area contributed by atoms with Crippen LogP contribution in [0.2, 0.25) is 0 Å². The summed E-state index contributed by atoms with van der Waals surface area (Å²) in [5, 5.41) is 18.1. The number of thiocarbonyl (C=S) groups is 1. The Morgan fingerprint density at radius 2 is 2.40 bits per heavy atom. The molecule has 5 N–H and O–H groups in total. The number of nitrogens with two attached hydrogens (primary N) is 1. The first kappa shape index (κ1) is 8.81. The molecule has 1 radical (unpaired) electrons. The third kappa shape index (κ3) is 2.96. The largest absolute Gasteiger partial charge is 0.386 e. The molecule has 1 atom stereocenters. The van der Waals surface area contributed by atoms with Gasteiger partial charge in [-0.05, 0) is 23.3 Å². The van der Waals surface area contributed by atoms with E-state index < -0.39 is 6.04 Å². The molecule has 0 aliphatic rings. The van der Waals surface area contributed by atoms with Crippen molar-refractivity contribution in [1.29, 1.82) is 10.8 Å². The van der Waals surface area contributed by atoms with Gasteiger partial charge in [-0.15, -0.1) is 0 Å². The fraction of sp³-hybridized carbons (Fsp3) is 0.200. The zero-order valence-electron chi connectivity index (χ0n) is 5.14. The molecule has 0 saturated heterocycles. The van der Waals surface area contributed by atoms with E-state index in [1.807, 2.05) is 6.34 Å². The smallest absolute Gasteiger partial charge is 0.161 e. The molecule has 0 bridgehead atoms. The number of amidine groups is 1. The van der Waals surface area contributed by atoms with Crippen LogP contribution in [-0.4, -0.2) is 23.2 Å². The maximum Gasteiger partial charge on any atom is 0.161 e. The summed E-state index contributed by atoms with van der Waals surface area (Å²) in [7, 11) is 0. The van der Waals surface area contributed by atoms with Crippen LogP contribution < -0.4 is 11.1 Å². The summed E-state index contributed by atoms with van der Waals surface area (Å²) < 4.78 is 0. The molecule has 0 aromatic carbocycles. The summed E-state index contributed by atoms with van der Waals surface area (Å²) in [6.07, 6.45) is 3.27. The molecule has 0 rings (SSSR count). The van der Waals surface area contributed by atoms with Crippen molar-refractivity contribution in [1.82, 2.24) is 5.32 Å². The van der Waals surface area contributed by atoms with E-state index in [4.69, 9.17) is 16.6 Å².